The maximum Gasteiger partial charge on any atom is 0.455 e. The number of tetrazole rings is 1. The molecule has 1 aromatic heterocycles. The van der Waals surface area contributed by atoms with Crippen LogP contribution in [0.3, 0.4) is 0 Å². The second kappa shape index (κ2) is 6.42. The molecule has 1 aliphatic heterocycles. The normalized spacial score (nSPS) is 15.8. The molecule has 6 nitrogen and oxygen atoms in total. The van der Waals surface area contributed by atoms with Crippen molar-refractivity contribution in [1.82, 2.24) is 25.1 Å². The molecule has 0 radical (unpaired) electrons. The molecule has 1 fully saturated rings. The molecular formula is C15H14F3N5O. The lowest BCUT2D eigenvalue weighted by molar-refractivity contribution is -0.164. The second-order valence-corrected chi connectivity index (χ2v) is 5.36. The first-order chi connectivity index (χ1) is 11.5. The largest absolute Gasteiger partial charge is 0.455 e. The van der Waals surface area contributed by atoms with E-state index in [-0.39, 0.29) is 5.82 Å². The maximum atomic E-state index is 13.0. The summed E-state index contributed by atoms with van der Waals surface area (Å²) in [5, 5.41) is 10.8. The molecule has 0 atom stereocenters. The Labute approximate surface area is 135 Å². The van der Waals surface area contributed by atoms with Crippen LogP contribution in [-0.4, -0.2) is 50.2 Å². The number of para-hydroxylation sites is 1. The molecule has 0 bridgehead atoms. The Morgan fingerprint density at radius 2 is 1.79 bits per heavy atom. The molecule has 0 aliphatic carbocycles. The van der Waals surface area contributed by atoms with Crippen molar-refractivity contribution in [3.63, 3.8) is 0 Å². The van der Waals surface area contributed by atoms with Gasteiger partial charge in [0.1, 0.15) is 0 Å². The fourth-order valence-corrected chi connectivity index (χ4v) is 2.52. The topological polar surface area (TPSA) is 63.9 Å². The van der Waals surface area contributed by atoms with Gasteiger partial charge in [-0.25, -0.2) is 0 Å². The van der Waals surface area contributed by atoms with Crippen LogP contribution in [0, 0.1) is 0 Å². The number of aromatic nitrogens is 4. The van der Waals surface area contributed by atoms with Gasteiger partial charge in [-0.2, -0.15) is 17.9 Å². The van der Waals surface area contributed by atoms with Crippen molar-refractivity contribution in [3.8, 4) is 5.69 Å². The first-order valence-electron chi connectivity index (χ1n) is 7.38. The summed E-state index contributed by atoms with van der Waals surface area (Å²) >= 11 is 0. The standard InChI is InChI=1S/C15H14F3N5O/c16-15(17,18)13(24)12(10-22-8-4-5-9-22)14-19-20-21-23(14)11-6-2-1-3-7-11/h1-3,6-7,10H,4-5,8-9H2/b12-10+. The van der Waals surface area contributed by atoms with Gasteiger partial charge in [-0.3, -0.25) is 4.79 Å². The summed E-state index contributed by atoms with van der Waals surface area (Å²) in [6.07, 6.45) is -2.05. The number of ketones is 1. The SMILES string of the molecule is O=C(/C(=C\N1CCCC1)c1nnnn1-c1ccccc1)C(F)(F)F. The molecule has 9 heteroatoms. The van der Waals surface area contributed by atoms with E-state index in [1.807, 2.05) is 0 Å². The lowest BCUT2D eigenvalue weighted by atomic mass is 10.1. The van der Waals surface area contributed by atoms with Crippen LogP contribution in [0.1, 0.15) is 18.7 Å². The Bertz CT molecular complexity index is 748. The average molecular weight is 337 g/mol. The third-order valence-electron chi connectivity index (χ3n) is 3.67. The van der Waals surface area contributed by atoms with Gasteiger partial charge in [-0.15, -0.1) is 5.10 Å². The van der Waals surface area contributed by atoms with Gasteiger partial charge < -0.3 is 4.90 Å². The minimum absolute atomic E-state index is 0.226. The maximum absolute atomic E-state index is 13.0. The number of carbonyl (C=O) groups excluding carboxylic acids is 1. The van der Waals surface area contributed by atoms with Gasteiger partial charge in [-0.05, 0) is 35.4 Å². The highest BCUT2D eigenvalue weighted by Crippen LogP contribution is 2.27. The Kier molecular flexibility index (Phi) is 4.32. The third kappa shape index (κ3) is 3.29. The van der Waals surface area contributed by atoms with Gasteiger partial charge in [0.05, 0.1) is 11.3 Å². The molecule has 0 amide bonds. The number of Topliss-reactive ketones (excluding diaryl/α,β-unsaturated/α-hetero) is 1. The molecule has 1 saturated heterocycles. The third-order valence-corrected chi connectivity index (χ3v) is 3.67. The zero-order chi connectivity index (χ0) is 17.2. The number of carbonyl (C=O) groups is 1. The minimum Gasteiger partial charge on any atom is -0.377 e. The number of allylic oxidation sites excluding steroid dienone is 1. The van der Waals surface area contributed by atoms with E-state index in [2.05, 4.69) is 15.5 Å². The van der Waals surface area contributed by atoms with Gasteiger partial charge in [0.25, 0.3) is 5.78 Å². The minimum atomic E-state index is -5.00. The van der Waals surface area contributed by atoms with Crippen LogP contribution in [-0.2, 0) is 4.79 Å². The highest BCUT2D eigenvalue weighted by Gasteiger charge is 2.43. The summed E-state index contributed by atoms with van der Waals surface area (Å²) in [5.74, 6) is -2.18. The first kappa shape index (κ1) is 16.2. The van der Waals surface area contributed by atoms with Gasteiger partial charge in [-0.1, -0.05) is 18.2 Å². The van der Waals surface area contributed by atoms with Crippen molar-refractivity contribution < 1.29 is 18.0 Å². The highest BCUT2D eigenvalue weighted by molar-refractivity contribution is 6.22. The summed E-state index contributed by atoms with van der Waals surface area (Å²) in [7, 11) is 0. The smallest absolute Gasteiger partial charge is 0.377 e. The van der Waals surface area contributed by atoms with Crippen LogP contribution in [0.25, 0.3) is 11.3 Å². The van der Waals surface area contributed by atoms with Crippen molar-refractivity contribution in [2.24, 2.45) is 0 Å². The lowest BCUT2D eigenvalue weighted by Gasteiger charge is -2.15. The molecule has 0 unspecified atom stereocenters. The van der Waals surface area contributed by atoms with E-state index in [1.54, 1.807) is 35.2 Å². The van der Waals surface area contributed by atoms with Gasteiger partial charge >= 0.3 is 6.18 Å². The zero-order valence-electron chi connectivity index (χ0n) is 12.6. The van der Waals surface area contributed by atoms with Crippen LogP contribution in [0.5, 0.6) is 0 Å². The van der Waals surface area contributed by atoms with E-state index in [4.69, 9.17) is 0 Å². The summed E-state index contributed by atoms with van der Waals surface area (Å²) < 4.78 is 40.2. The molecule has 126 valence electrons. The van der Waals surface area contributed by atoms with E-state index in [9.17, 15) is 18.0 Å². The summed E-state index contributed by atoms with van der Waals surface area (Å²) in [6, 6.07) is 8.46. The lowest BCUT2D eigenvalue weighted by Crippen LogP contribution is -2.27. The van der Waals surface area contributed by atoms with Gasteiger partial charge in [0.15, 0.2) is 5.82 Å². The average Bonchev–Trinajstić information content (AvgIpc) is 3.23. The molecule has 24 heavy (non-hydrogen) atoms. The number of halogens is 3. The highest BCUT2D eigenvalue weighted by atomic mass is 19.4. The quantitative estimate of drug-likeness (QED) is 0.801. The van der Waals surface area contributed by atoms with Crippen molar-refractivity contribution >= 4 is 11.4 Å². The van der Waals surface area contributed by atoms with E-state index in [0.717, 1.165) is 17.5 Å². The molecule has 3 rings (SSSR count). The fraction of sp³-hybridized carbons (Fsp3) is 0.333. The summed E-state index contributed by atoms with van der Waals surface area (Å²) in [6.45, 7) is 1.20. The molecule has 1 aromatic carbocycles. The number of nitrogens with zero attached hydrogens (tertiary/aromatic N) is 5. The second-order valence-electron chi connectivity index (χ2n) is 5.36. The van der Waals surface area contributed by atoms with E-state index >= 15 is 0 Å². The Hall–Kier alpha value is -2.71. The fourth-order valence-electron chi connectivity index (χ4n) is 2.52. The Morgan fingerprint density at radius 1 is 1.12 bits per heavy atom. The molecule has 0 saturated carbocycles. The van der Waals surface area contributed by atoms with Crippen molar-refractivity contribution in [1.29, 1.82) is 0 Å². The van der Waals surface area contributed by atoms with Crippen LogP contribution < -0.4 is 0 Å². The Morgan fingerprint density at radius 3 is 2.42 bits per heavy atom. The van der Waals surface area contributed by atoms with Crippen molar-refractivity contribution in [2.45, 2.75) is 19.0 Å². The molecular weight excluding hydrogens is 323 g/mol. The number of alkyl halides is 3. The zero-order valence-corrected chi connectivity index (χ0v) is 12.6. The molecule has 1 aliphatic rings. The molecule has 2 aromatic rings. The van der Waals surface area contributed by atoms with Crippen LogP contribution in [0.4, 0.5) is 13.2 Å². The molecule has 0 spiro atoms. The number of hydrogen-bond donors (Lipinski definition) is 0. The van der Waals surface area contributed by atoms with Crippen LogP contribution in [0.15, 0.2) is 36.5 Å². The van der Waals surface area contributed by atoms with Crippen molar-refractivity contribution in [3.05, 3.63) is 42.4 Å². The summed E-state index contributed by atoms with van der Waals surface area (Å²) in [5.41, 5.74) is -0.0851. The van der Waals surface area contributed by atoms with Gasteiger partial charge in [0, 0.05) is 19.3 Å². The number of benzene rings is 1. The van der Waals surface area contributed by atoms with Crippen LogP contribution >= 0.6 is 0 Å². The predicted molar refractivity (Wildman–Crippen MR) is 79.0 cm³/mol. The van der Waals surface area contributed by atoms with E-state index in [1.165, 1.54) is 6.20 Å². The summed E-state index contributed by atoms with van der Waals surface area (Å²) in [4.78, 5) is 13.6. The molecule has 2 heterocycles. The number of rotatable bonds is 4. The molecule has 0 N–H and O–H groups in total. The van der Waals surface area contributed by atoms with E-state index in [0.29, 0.717) is 18.8 Å². The number of likely N-dealkylation sites (tertiary alicyclic amines) is 1. The monoisotopic (exact) mass is 337 g/mol. The first-order valence-corrected chi connectivity index (χ1v) is 7.38. The van der Waals surface area contributed by atoms with E-state index < -0.39 is 17.5 Å². The number of hydrogen-bond acceptors (Lipinski definition) is 5. The Balaban J connectivity index is 2.07. The van der Waals surface area contributed by atoms with Gasteiger partial charge in [0.2, 0.25) is 0 Å². The van der Waals surface area contributed by atoms with Crippen LogP contribution in [0.2, 0.25) is 0 Å². The predicted octanol–water partition coefficient (Wildman–Crippen LogP) is 2.23. The van der Waals surface area contributed by atoms with Crippen molar-refractivity contribution in [2.75, 3.05) is 13.1 Å².